The first-order chi connectivity index (χ1) is 19.9. The van der Waals surface area contributed by atoms with Gasteiger partial charge in [-0.1, -0.05) is 85.4 Å². The summed E-state index contributed by atoms with van der Waals surface area (Å²) in [6, 6.07) is 23.1. The van der Waals surface area contributed by atoms with Crippen molar-refractivity contribution < 1.29 is 14.1 Å². The van der Waals surface area contributed by atoms with Crippen molar-refractivity contribution in [3.8, 4) is 0 Å². The first kappa shape index (κ1) is 38.1. The Kier molecular flexibility index (Phi) is 19.0. The van der Waals surface area contributed by atoms with E-state index in [0.717, 1.165) is 35.6 Å². The largest absolute Gasteiger partial charge is 0.300 e. The minimum atomic E-state index is 0.471. The molecule has 0 saturated heterocycles. The molecule has 0 aliphatic carbocycles. The zero-order valence-corrected chi connectivity index (χ0v) is 29.8. The van der Waals surface area contributed by atoms with Crippen LogP contribution in [-0.2, 0) is 20.7 Å². The number of nitrogens with two attached hydrogens (primary N) is 1. The molecular weight excluding hydrogens is 723 g/mol. The van der Waals surface area contributed by atoms with Gasteiger partial charge in [-0.25, -0.2) is 15.6 Å². The van der Waals surface area contributed by atoms with Crippen LogP contribution in [0.15, 0.2) is 86.6 Å². The Hall–Kier alpha value is -1.90. The number of nitrogens with zero attached hydrogens (tertiary/aromatic N) is 1. The van der Waals surface area contributed by atoms with Gasteiger partial charge in [0, 0.05) is 23.9 Å². The Morgan fingerprint density at radius 2 is 1.31 bits per heavy atom. The van der Waals surface area contributed by atoms with Gasteiger partial charge in [-0.3, -0.25) is 4.84 Å². The second-order valence-electron chi connectivity index (χ2n) is 8.88. The van der Waals surface area contributed by atoms with Gasteiger partial charge in [-0.15, -0.1) is 0 Å². The van der Waals surface area contributed by atoms with E-state index in [0.29, 0.717) is 17.3 Å². The minimum Gasteiger partial charge on any atom is -0.300 e. The molecule has 0 heterocycles. The van der Waals surface area contributed by atoms with Crippen LogP contribution < -0.4 is 5.90 Å². The summed E-state index contributed by atoms with van der Waals surface area (Å²) in [7, 11) is 1.49. The number of halogens is 4. The molecule has 2 N–H and O–H groups in total. The zero-order chi connectivity index (χ0) is 31.7. The van der Waals surface area contributed by atoms with E-state index >= 15 is 0 Å². The van der Waals surface area contributed by atoms with Crippen molar-refractivity contribution in [3.63, 3.8) is 0 Å². The van der Waals surface area contributed by atoms with Crippen molar-refractivity contribution in [2.75, 3.05) is 7.11 Å². The SMILES string of the molecule is COOSc1ccc(Br)cc1C.Cc1cc(Br)ccc1CON.Cc1ccc(Cl)cc1C.[C-]#[N+]c1ccc(Cl)cc1C. The molecule has 0 bridgehead atoms. The summed E-state index contributed by atoms with van der Waals surface area (Å²) in [5, 5.41) is 1.50. The zero-order valence-electron chi connectivity index (χ0n) is 24.3. The molecule has 10 heteroatoms. The van der Waals surface area contributed by atoms with Gasteiger partial charge in [0.25, 0.3) is 0 Å². The van der Waals surface area contributed by atoms with E-state index in [2.05, 4.69) is 60.3 Å². The monoisotopic (exact) mass is 754 g/mol. The molecule has 0 atom stereocenters. The lowest BCUT2D eigenvalue weighted by Gasteiger charge is -2.03. The van der Waals surface area contributed by atoms with Gasteiger partial charge in [0.1, 0.15) is 0 Å². The predicted octanol–water partition coefficient (Wildman–Crippen LogP) is 11.6. The highest BCUT2D eigenvalue weighted by atomic mass is 79.9. The topological polar surface area (TPSA) is 58.1 Å². The van der Waals surface area contributed by atoms with E-state index < -0.39 is 0 Å². The Bertz CT molecular complexity index is 1470. The third-order valence-corrected chi connectivity index (χ3v) is 7.92. The smallest absolute Gasteiger partial charge is 0.190 e. The lowest BCUT2D eigenvalue weighted by atomic mass is 10.1. The van der Waals surface area contributed by atoms with Crippen LogP contribution in [0.1, 0.15) is 33.4 Å². The van der Waals surface area contributed by atoms with Gasteiger partial charge in [-0.2, -0.15) is 4.33 Å². The van der Waals surface area contributed by atoms with E-state index in [1.807, 2.05) is 75.4 Å². The first-order valence-corrected chi connectivity index (χ1v) is 15.6. The van der Waals surface area contributed by atoms with Crippen LogP contribution >= 0.6 is 67.1 Å². The number of hydrogen-bond donors (Lipinski definition) is 1. The Labute approximate surface area is 280 Å². The van der Waals surface area contributed by atoms with Crippen molar-refractivity contribution in [1.29, 1.82) is 0 Å². The molecule has 4 aromatic carbocycles. The normalized spacial score (nSPS) is 9.76. The standard InChI is InChI=1S/C8H10BrNO.C8H9BrO2S.C8H6ClN.C8H9Cl/c1-6-4-8(9)3-2-7(6)5-11-10;1-6-5-7(9)3-4-8(6)12-11-10-2;1-6-5-7(9)3-4-8(6)10-2;1-6-3-4-8(9)5-7(6)2/h2-4H,5,10H2,1H3;3-5H,1-2H3;3-5H,1H3;3-5H,1-2H3. The third-order valence-electron chi connectivity index (χ3n) is 5.62. The maximum absolute atomic E-state index is 6.74. The maximum atomic E-state index is 6.74. The van der Waals surface area contributed by atoms with Crippen LogP contribution in [0.4, 0.5) is 5.69 Å². The van der Waals surface area contributed by atoms with E-state index in [1.54, 1.807) is 18.2 Å². The van der Waals surface area contributed by atoms with Crippen LogP contribution in [0.2, 0.25) is 10.0 Å². The summed E-state index contributed by atoms with van der Waals surface area (Å²) in [6.45, 7) is 17.3. The Morgan fingerprint density at radius 3 is 1.79 bits per heavy atom. The van der Waals surface area contributed by atoms with Gasteiger partial charge in [-0.05, 0) is 110 Å². The number of benzene rings is 4. The molecule has 0 radical (unpaired) electrons. The lowest BCUT2D eigenvalue weighted by molar-refractivity contribution is -0.160. The van der Waals surface area contributed by atoms with Crippen molar-refractivity contribution in [1.82, 2.24) is 0 Å². The maximum Gasteiger partial charge on any atom is 0.190 e. The van der Waals surface area contributed by atoms with Crippen LogP contribution in [0.5, 0.6) is 0 Å². The summed E-state index contributed by atoms with van der Waals surface area (Å²) in [5.74, 6) is 4.96. The van der Waals surface area contributed by atoms with Gasteiger partial charge in [0.05, 0.1) is 32.3 Å². The fourth-order valence-corrected chi connectivity index (χ4v) is 5.00. The van der Waals surface area contributed by atoms with Crippen molar-refractivity contribution in [2.24, 2.45) is 5.90 Å². The molecule has 0 aromatic heterocycles. The third kappa shape index (κ3) is 15.0. The molecule has 4 rings (SSSR count). The molecule has 0 spiro atoms. The summed E-state index contributed by atoms with van der Waals surface area (Å²) in [6.07, 6.45) is 0. The number of aryl methyl sites for hydroxylation is 5. The second-order valence-corrected chi connectivity index (χ2v) is 12.3. The van der Waals surface area contributed by atoms with Crippen molar-refractivity contribution in [3.05, 3.63) is 137 Å². The first-order valence-electron chi connectivity index (χ1n) is 12.5. The van der Waals surface area contributed by atoms with Crippen molar-refractivity contribution >= 4 is 72.8 Å². The molecular formula is C32H34Br2Cl2N2O3S. The quantitative estimate of drug-likeness (QED) is 0.0951. The number of rotatable bonds is 5. The van der Waals surface area contributed by atoms with Gasteiger partial charge < -0.3 is 0 Å². The Morgan fingerprint density at radius 1 is 0.738 bits per heavy atom. The summed E-state index contributed by atoms with van der Waals surface area (Å²) < 4.78 is 6.89. The lowest BCUT2D eigenvalue weighted by Crippen LogP contribution is -2.00. The highest BCUT2D eigenvalue weighted by Gasteiger charge is 2.00. The highest BCUT2D eigenvalue weighted by Crippen LogP contribution is 2.26. The van der Waals surface area contributed by atoms with E-state index in [4.69, 9.17) is 40.0 Å². The summed E-state index contributed by atoms with van der Waals surface area (Å²) in [4.78, 5) is 13.4. The molecule has 5 nitrogen and oxygen atoms in total. The average molecular weight is 757 g/mol. The second kappa shape index (κ2) is 20.9. The van der Waals surface area contributed by atoms with E-state index in [1.165, 1.54) is 35.8 Å². The molecule has 0 saturated carbocycles. The number of hydrogen-bond acceptors (Lipinski definition) is 5. The van der Waals surface area contributed by atoms with E-state index in [9.17, 15) is 0 Å². The molecule has 224 valence electrons. The van der Waals surface area contributed by atoms with Gasteiger partial charge >= 0.3 is 0 Å². The fraction of sp³-hybridized carbons (Fsp3) is 0.219. The fourth-order valence-electron chi connectivity index (χ4n) is 3.14. The average Bonchev–Trinajstić information content (AvgIpc) is 2.93. The summed E-state index contributed by atoms with van der Waals surface area (Å²) in [5.41, 5.74) is 7.61. The molecule has 0 amide bonds. The van der Waals surface area contributed by atoms with Crippen LogP contribution in [0, 0.1) is 41.2 Å². The van der Waals surface area contributed by atoms with Gasteiger partial charge in [0.2, 0.25) is 0 Å². The Balaban J connectivity index is 0.000000281. The highest BCUT2D eigenvalue weighted by molar-refractivity contribution is 9.10. The van der Waals surface area contributed by atoms with Crippen molar-refractivity contribution in [2.45, 2.75) is 46.1 Å². The summed E-state index contributed by atoms with van der Waals surface area (Å²) >= 11 is 19.4. The molecule has 4 aromatic rings. The van der Waals surface area contributed by atoms with E-state index in [-0.39, 0.29) is 0 Å². The molecule has 0 fully saturated rings. The molecule has 0 unspecified atom stereocenters. The minimum absolute atomic E-state index is 0.471. The molecule has 42 heavy (non-hydrogen) atoms. The van der Waals surface area contributed by atoms with Crippen LogP contribution in [-0.4, -0.2) is 7.11 Å². The molecule has 0 aliphatic rings. The van der Waals surface area contributed by atoms with Crippen LogP contribution in [0.25, 0.3) is 4.85 Å². The predicted molar refractivity (Wildman–Crippen MR) is 184 cm³/mol. The molecule has 0 aliphatic heterocycles. The van der Waals surface area contributed by atoms with Crippen LogP contribution in [0.3, 0.4) is 0 Å². The van der Waals surface area contributed by atoms with Gasteiger partial charge in [0.15, 0.2) is 5.69 Å².